The van der Waals surface area contributed by atoms with E-state index in [1.807, 2.05) is 0 Å². The van der Waals surface area contributed by atoms with Crippen LogP contribution in [0.5, 0.6) is 0 Å². The van der Waals surface area contributed by atoms with Crippen LogP contribution in [-0.4, -0.2) is 25.2 Å². The third kappa shape index (κ3) is 1.03. The van der Waals surface area contributed by atoms with Crippen molar-refractivity contribution < 1.29 is 13.2 Å². The maximum Gasteiger partial charge on any atom is 0.276 e. The lowest BCUT2D eigenvalue weighted by molar-refractivity contribution is -0.118. The van der Waals surface area contributed by atoms with E-state index < -0.39 is 16.1 Å². The second-order valence-electron chi connectivity index (χ2n) is 1.64. The van der Waals surface area contributed by atoms with Gasteiger partial charge in [0.1, 0.15) is 0 Å². The monoisotopic (exact) mass is 149 g/mol. The minimum Gasteiger partial charge on any atom is -0.329 e. The first-order valence-corrected chi connectivity index (χ1v) is 3.60. The summed E-state index contributed by atoms with van der Waals surface area (Å²) in [6.07, 6.45) is 0. The van der Waals surface area contributed by atoms with Gasteiger partial charge in [-0.2, -0.15) is 8.42 Å². The molecule has 0 spiro atoms. The molecule has 5 nitrogen and oxygen atoms in total. The highest BCUT2D eigenvalue weighted by Crippen LogP contribution is 2.01. The number of hydrogen-bond donors (Lipinski definition) is 1. The van der Waals surface area contributed by atoms with Gasteiger partial charge in [0.15, 0.2) is 0 Å². The van der Waals surface area contributed by atoms with Crippen molar-refractivity contribution in [1.82, 2.24) is 9.03 Å². The van der Waals surface area contributed by atoms with Crippen LogP contribution >= 0.6 is 0 Å². The van der Waals surface area contributed by atoms with Gasteiger partial charge in [0.25, 0.3) is 10.2 Å². The highest BCUT2D eigenvalue weighted by Gasteiger charge is 2.24. The van der Waals surface area contributed by atoms with Crippen molar-refractivity contribution in [3.8, 4) is 0 Å². The fourth-order valence-corrected chi connectivity index (χ4v) is 1.25. The minimum atomic E-state index is -3.55. The molecule has 52 valence electrons. The van der Waals surface area contributed by atoms with Gasteiger partial charge in [-0.05, 0) is 0 Å². The Kier molecular flexibility index (Phi) is 1.21. The van der Waals surface area contributed by atoms with Gasteiger partial charge in [0.05, 0.1) is 6.54 Å². The zero-order valence-corrected chi connectivity index (χ0v) is 5.31. The summed E-state index contributed by atoms with van der Waals surface area (Å²) in [5.41, 5.74) is 0. The molecule has 1 N–H and O–H groups in total. The Morgan fingerprint density at radius 2 is 2.22 bits per heavy atom. The summed E-state index contributed by atoms with van der Waals surface area (Å²) >= 11 is 0. The van der Waals surface area contributed by atoms with Crippen molar-refractivity contribution in [2.75, 3.05) is 6.54 Å². The standard InChI is InChI=1S/C3H5N2O3S/c1-5-2-3(6)4-9(5,7)8/h1-2H2,(H,4,6)/q-1. The largest absolute Gasteiger partial charge is 0.329 e. The fourth-order valence-electron chi connectivity index (χ4n) is 0.486. The van der Waals surface area contributed by atoms with Crippen molar-refractivity contribution in [3.63, 3.8) is 0 Å². The van der Waals surface area contributed by atoms with Gasteiger partial charge >= 0.3 is 0 Å². The van der Waals surface area contributed by atoms with Crippen molar-refractivity contribution in [1.29, 1.82) is 0 Å². The topological polar surface area (TPSA) is 66.5 Å². The number of carbonyl (C=O) groups is 1. The van der Waals surface area contributed by atoms with Crippen LogP contribution < -0.4 is 4.72 Å². The molecule has 0 radical (unpaired) electrons. The highest BCUT2D eigenvalue weighted by molar-refractivity contribution is 7.88. The molecule has 1 aliphatic heterocycles. The molecule has 0 bridgehead atoms. The molecule has 9 heavy (non-hydrogen) atoms. The van der Waals surface area contributed by atoms with Gasteiger partial charge in [0, 0.05) is 0 Å². The minimum absolute atomic E-state index is 0.178. The average Bonchev–Trinajstić information content (AvgIpc) is 1.79. The summed E-state index contributed by atoms with van der Waals surface area (Å²) < 4.78 is 23.5. The first kappa shape index (κ1) is 6.50. The predicted octanol–water partition coefficient (Wildman–Crippen LogP) is -1.55. The zero-order chi connectivity index (χ0) is 7.07. The number of nitrogens with zero attached hydrogens (tertiary/aromatic N) is 1. The molecular weight excluding hydrogens is 144 g/mol. The smallest absolute Gasteiger partial charge is 0.276 e. The van der Waals surface area contributed by atoms with Crippen LogP contribution in [0.15, 0.2) is 0 Å². The van der Waals surface area contributed by atoms with E-state index in [4.69, 9.17) is 0 Å². The SMILES string of the molecule is [CH2-]N1CC(=O)NS1(=O)=O. The number of amides is 1. The first-order chi connectivity index (χ1) is 4.02. The quantitative estimate of drug-likeness (QED) is 0.424. The molecule has 1 aliphatic rings. The molecule has 1 saturated heterocycles. The summed E-state index contributed by atoms with van der Waals surface area (Å²) in [6, 6.07) is 0. The third-order valence-electron chi connectivity index (χ3n) is 0.903. The van der Waals surface area contributed by atoms with Crippen molar-refractivity contribution in [3.05, 3.63) is 7.05 Å². The van der Waals surface area contributed by atoms with E-state index >= 15 is 0 Å². The summed E-state index contributed by atoms with van der Waals surface area (Å²) in [6.45, 7) is -0.178. The van der Waals surface area contributed by atoms with Crippen LogP contribution in [0.3, 0.4) is 0 Å². The third-order valence-corrected chi connectivity index (χ3v) is 2.20. The van der Waals surface area contributed by atoms with Crippen LogP contribution in [0.1, 0.15) is 0 Å². The lowest BCUT2D eigenvalue weighted by Crippen LogP contribution is -2.24. The summed E-state index contributed by atoms with van der Waals surface area (Å²) in [7, 11) is -0.449. The van der Waals surface area contributed by atoms with Crippen LogP contribution in [0.25, 0.3) is 0 Å². The second kappa shape index (κ2) is 1.68. The lowest BCUT2D eigenvalue weighted by atomic mass is 10.6. The zero-order valence-electron chi connectivity index (χ0n) is 4.49. The van der Waals surface area contributed by atoms with Gasteiger partial charge < -0.3 is 4.31 Å². The van der Waals surface area contributed by atoms with E-state index in [1.54, 1.807) is 4.72 Å². The number of carbonyl (C=O) groups excluding carboxylic acids is 1. The number of nitrogens with one attached hydrogen (secondary N) is 1. The molecule has 1 amide bonds. The maximum absolute atomic E-state index is 10.5. The van der Waals surface area contributed by atoms with Gasteiger partial charge in [-0.3, -0.25) is 11.8 Å². The molecular formula is C3H5N2O3S-. The molecule has 0 unspecified atom stereocenters. The van der Waals surface area contributed by atoms with E-state index in [0.29, 0.717) is 4.31 Å². The molecule has 1 rings (SSSR count). The molecule has 6 heteroatoms. The Morgan fingerprint density at radius 1 is 1.67 bits per heavy atom. The average molecular weight is 149 g/mol. The maximum atomic E-state index is 10.5. The lowest BCUT2D eigenvalue weighted by Gasteiger charge is -2.10. The molecule has 0 aliphatic carbocycles. The van der Waals surface area contributed by atoms with E-state index in [-0.39, 0.29) is 6.54 Å². The summed E-state index contributed by atoms with van der Waals surface area (Å²) in [5.74, 6) is -0.537. The summed E-state index contributed by atoms with van der Waals surface area (Å²) in [4.78, 5) is 10.3. The molecule has 0 aromatic heterocycles. The number of hydrogen-bond acceptors (Lipinski definition) is 3. The van der Waals surface area contributed by atoms with Crippen molar-refractivity contribution in [2.24, 2.45) is 0 Å². The highest BCUT2D eigenvalue weighted by atomic mass is 32.2. The van der Waals surface area contributed by atoms with Crippen molar-refractivity contribution in [2.45, 2.75) is 0 Å². The predicted molar refractivity (Wildman–Crippen MR) is 29.1 cm³/mol. The van der Waals surface area contributed by atoms with Gasteiger partial charge in [-0.25, -0.2) is 4.72 Å². The van der Waals surface area contributed by atoms with Crippen LogP contribution in [0.4, 0.5) is 0 Å². The Hall–Kier alpha value is -0.620. The molecule has 0 atom stereocenters. The number of rotatable bonds is 0. The molecule has 0 saturated carbocycles. The fraction of sp³-hybridized carbons (Fsp3) is 0.333. The molecule has 0 aromatic carbocycles. The Balaban J connectivity index is 2.95. The molecule has 1 heterocycles. The first-order valence-electron chi connectivity index (χ1n) is 2.16. The van der Waals surface area contributed by atoms with Crippen LogP contribution in [-0.2, 0) is 15.0 Å². The second-order valence-corrected chi connectivity index (χ2v) is 3.31. The van der Waals surface area contributed by atoms with E-state index in [0.717, 1.165) is 0 Å². The van der Waals surface area contributed by atoms with E-state index in [9.17, 15) is 13.2 Å². The Labute approximate surface area is 52.8 Å². The van der Waals surface area contributed by atoms with Crippen LogP contribution in [0, 0.1) is 7.05 Å². The Bertz CT molecular complexity index is 231. The van der Waals surface area contributed by atoms with Gasteiger partial charge in [0.2, 0.25) is 5.91 Å². The van der Waals surface area contributed by atoms with Crippen LogP contribution in [0.2, 0.25) is 0 Å². The molecule has 1 fully saturated rings. The molecule has 0 aromatic rings. The van der Waals surface area contributed by atoms with E-state index in [2.05, 4.69) is 7.05 Å². The van der Waals surface area contributed by atoms with E-state index in [1.165, 1.54) is 0 Å². The Morgan fingerprint density at radius 3 is 2.33 bits per heavy atom. The van der Waals surface area contributed by atoms with Crippen molar-refractivity contribution >= 4 is 16.1 Å². The van der Waals surface area contributed by atoms with Gasteiger partial charge in [-0.15, -0.1) is 0 Å². The summed E-state index contributed by atoms with van der Waals surface area (Å²) in [5, 5.41) is 0. The normalized spacial score (nSPS) is 26.1. The van der Waals surface area contributed by atoms with Gasteiger partial charge in [-0.1, -0.05) is 0 Å².